The van der Waals surface area contributed by atoms with Crippen molar-refractivity contribution in [3.05, 3.63) is 11.9 Å². The van der Waals surface area contributed by atoms with Gasteiger partial charge in [-0.15, -0.1) is 5.10 Å². The average molecular weight is 252 g/mol. The number of nitrogens with zero attached hydrogens (tertiary/aromatic N) is 3. The Labute approximate surface area is 104 Å². The van der Waals surface area contributed by atoms with Crippen molar-refractivity contribution in [2.45, 2.75) is 38.8 Å². The molecule has 0 saturated heterocycles. The van der Waals surface area contributed by atoms with Crippen molar-refractivity contribution in [1.82, 2.24) is 20.3 Å². The second kappa shape index (κ2) is 5.16. The van der Waals surface area contributed by atoms with Gasteiger partial charge in [-0.05, 0) is 18.8 Å². The Bertz CT molecular complexity index is 457. The number of nitrogens with one attached hydrogen (secondary N) is 1. The van der Waals surface area contributed by atoms with E-state index in [9.17, 15) is 9.59 Å². The van der Waals surface area contributed by atoms with Crippen LogP contribution in [0.2, 0.25) is 0 Å². The van der Waals surface area contributed by atoms with Gasteiger partial charge >= 0.3 is 5.97 Å². The Morgan fingerprint density at radius 2 is 2.33 bits per heavy atom. The van der Waals surface area contributed by atoms with E-state index in [1.165, 1.54) is 10.9 Å². The zero-order chi connectivity index (χ0) is 13.1. The predicted molar refractivity (Wildman–Crippen MR) is 61.9 cm³/mol. The van der Waals surface area contributed by atoms with E-state index in [1.54, 1.807) is 0 Å². The molecule has 1 saturated carbocycles. The molecule has 1 aromatic heterocycles. The van der Waals surface area contributed by atoms with Crippen LogP contribution in [0.1, 0.15) is 36.7 Å². The molecule has 7 nitrogen and oxygen atoms in total. The number of amides is 1. The number of hydrogen-bond acceptors (Lipinski definition) is 4. The van der Waals surface area contributed by atoms with Crippen molar-refractivity contribution < 1.29 is 14.7 Å². The maximum absolute atomic E-state index is 11.7. The summed E-state index contributed by atoms with van der Waals surface area (Å²) in [5, 5.41) is 18.7. The predicted octanol–water partition coefficient (Wildman–Crippen LogP) is 0.281. The molecule has 2 unspecified atom stereocenters. The Morgan fingerprint density at radius 3 is 2.89 bits per heavy atom. The first-order chi connectivity index (χ1) is 8.56. The fourth-order valence-electron chi connectivity index (χ4n) is 2.23. The normalized spacial score (nSPS) is 22.9. The molecule has 2 N–H and O–H groups in total. The molecule has 1 aliphatic rings. The van der Waals surface area contributed by atoms with Gasteiger partial charge in [0.25, 0.3) is 0 Å². The number of carbonyl (C=O) groups is 2. The second-order valence-corrected chi connectivity index (χ2v) is 4.69. The van der Waals surface area contributed by atoms with Crippen LogP contribution in [0.25, 0.3) is 0 Å². The van der Waals surface area contributed by atoms with E-state index in [4.69, 9.17) is 5.11 Å². The molecule has 0 radical (unpaired) electrons. The minimum Gasteiger partial charge on any atom is -0.476 e. The van der Waals surface area contributed by atoms with Crippen molar-refractivity contribution >= 4 is 11.9 Å². The van der Waals surface area contributed by atoms with Crippen molar-refractivity contribution in [1.29, 1.82) is 0 Å². The standard InChI is InChI=1S/C11H16N4O3/c1-7-3-2-4-8(7)12-10(16)6-15-5-9(11(17)18)13-14-15/h5,7-8H,2-4,6H2,1H3,(H,12,16)(H,17,18). The molecule has 1 heterocycles. The fourth-order valence-corrected chi connectivity index (χ4v) is 2.23. The van der Waals surface area contributed by atoms with Gasteiger partial charge in [0.2, 0.25) is 5.91 Å². The Balaban J connectivity index is 1.88. The molecule has 0 spiro atoms. The van der Waals surface area contributed by atoms with Gasteiger partial charge in [-0.25, -0.2) is 9.48 Å². The van der Waals surface area contributed by atoms with Crippen LogP contribution in [0.4, 0.5) is 0 Å². The van der Waals surface area contributed by atoms with Crippen LogP contribution in [0.3, 0.4) is 0 Å². The highest BCUT2D eigenvalue weighted by Crippen LogP contribution is 2.24. The van der Waals surface area contributed by atoms with Gasteiger partial charge in [-0.1, -0.05) is 18.6 Å². The van der Waals surface area contributed by atoms with E-state index in [2.05, 4.69) is 22.6 Å². The number of aromatic nitrogens is 3. The Kier molecular flexibility index (Phi) is 3.59. The smallest absolute Gasteiger partial charge is 0.358 e. The van der Waals surface area contributed by atoms with E-state index >= 15 is 0 Å². The summed E-state index contributed by atoms with van der Waals surface area (Å²) in [7, 11) is 0. The van der Waals surface area contributed by atoms with E-state index in [1.807, 2.05) is 0 Å². The minimum absolute atomic E-state index is 0.00347. The molecule has 1 amide bonds. The third kappa shape index (κ3) is 2.85. The molecule has 98 valence electrons. The van der Waals surface area contributed by atoms with Crippen LogP contribution in [-0.4, -0.2) is 38.0 Å². The number of carbonyl (C=O) groups excluding carboxylic acids is 1. The van der Waals surface area contributed by atoms with Gasteiger partial charge < -0.3 is 10.4 Å². The Hall–Kier alpha value is -1.92. The SMILES string of the molecule is CC1CCCC1NC(=O)Cn1cc(C(=O)O)nn1. The summed E-state index contributed by atoms with van der Waals surface area (Å²) < 4.78 is 1.23. The van der Waals surface area contributed by atoms with Crippen LogP contribution >= 0.6 is 0 Å². The lowest BCUT2D eigenvalue weighted by molar-refractivity contribution is -0.122. The fraction of sp³-hybridized carbons (Fsp3) is 0.636. The topological polar surface area (TPSA) is 97.1 Å². The van der Waals surface area contributed by atoms with Crippen LogP contribution < -0.4 is 5.32 Å². The molecule has 1 aromatic rings. The van der Waals surface area contributed by atoms with Crippen molar-refractivity contribution in [2.24, 2.45) is 5.92 Å². The number of carboxylic acid groups (broad SMARTS) is 1. The second-order valence-electron chi connectivity index (χ2n) is 4.69. The first-order valence-corrected chi connectivity index (χ1v) is 5.99. The van der Waals surface area contributed by atoms with E-state index in [0.717, 1.165) is 19.3 Å². The van der Waals surface area contributed by atoms with Crippen molar-refractivity contribution in [2.75, 3.05) is 0 Å². The molecule has 2 atom stereocenters. The first kappa shape index (κ1) is 12.5. The van der Waals surface area contributed by atoms with Gasteiger partial charge in [-0.3, -0.25) is 4.79 Å². The zero-order valence-corrected chi connectivity index (χ0v) is 10.2. The number of aromatic carboxylic acids is 1. The molecule has 2 rings (SSSR count). The monoisotopic (exact) mass is 252 g/mol. The van der Waals surface area contributed by atoms with Crippen molar-refractivity contribution in [3.63, 3.8) is 0 Å². The quantitative estimate of drug-likeness (QED) is 0.802. The summed E-state index contributed by atoms with van der Waals surface area (Å²) in [6, 6.07) is 0.222. The molecule has 0 aromatic carbocycles. The van der Waals surface area contributed by atoms with Crippen LogP contribution in [0.15, 0.2) is 6.20 Å². The minimum atomic E-state index is -1.15. The summed E-state index contributed by atoms with van der Waals surface area (Å²) in [6.45, 7) is 2.12. The maximum Gasteiger partial charge on any atom is 0.358 e. The van der Waals surface area contributed by atoms with Crippen LogP contribution in [0.5, 0.6) is 0 Å². The molecule has 0 aliphatic heterocycles. The molecule has 7 heteroatoms. The summed E-state index contributed by atoms with van der Waals surface area (Å²) >= 11 is 0. The van der Waals surface area contributed by atoms with Gasteiger partial charge in [0.05, 0.1) is 6.20 Å². The van der Waals surface area contributed by atoms with E-state index in [0.29, 0.717) is 5.92 Å². The third-order valence-electron chi connectivity index (χ3n) is 3.27. The lowest BCUT2D eigenvalue weighted by Gasteiger charge is -2.16. The number of rotatable bonds is 4. The summed E-state index contributed by atoms with van der Waals surface area (Å²) in [5.41, 5.74) is -0.156. The van der Waals surface area contributed by atoms with Gasteiger partial charge in [0.1, 0.15) is 6.54 Å². The largest absolute Gasteiger partial charge is 0.476 e. The lowest BCUT2D eigenvalue weighted by atomic mass is 10.1. The zero-order valence-electron chi connectivity index (χ0n) is 10.2. The van der Waals surface area contributed by atoms with E-state index < -0.39 is 5.97 Å². The lowest BCUT2D eigenvalue weighted by Crippen LogP contribution is -2.38. The molecular weight excluding hydrogens is 236 g/mol. The highest BCUT2D eigenvalue weighted by molar-refractivity contribution is 5.84. The van der Waals surface area contributed by atoms with Gasteiger partial charge in [-0.2, -0.15) is 0 Å². The van der Waals surface area contributed by atoms with Gasteiger partial charge in [0.15, 0.2) is 5.69 Å². The summed E-state index contributed by atoms with van der Waals surface area (Å²) in [6.07, 6.45) is 4.53. The molecule has 18 heavy (non-hydrogen) atoms. The van der Waals surface area contributed by atoms with E-state index in [-0.39, 0.29) is 24.2 Å². The molecule has 1 fully saturated rings. The number of hydrogen-bond donors (Lipinski definition) is 2. The third-order valence-corrected chi connectivity index (χ3v) is 3.27. The highest BCUT2D eigenvalue weighted by atomic mass is 16.4. The van der Waals surface area contributed by atoms with Crippen LogP contribution in [-0.2, 0) is 11.3 Å². The first-order valence-electron chi connectivity index (χ1n) is 5.99. The summed E-state index contributed by atoms with van der Waals surface area (Å²) in [4.78, 5) is 22.4. The average Bonchev–Trinajstić information content (AvgIpc) is 2.89. The number of carboxylic acids is 1. The highest BCUT2D eigenvalue weighted by Gasteiger charge is 2.24. The molecular formula is C11H16N4O3. The Morgan fingerprint density at radius 1 is 1.56 bits per heavy atom. The van der Waals surface area contributed by atoms with Crippen LogP contribution in [0, 0.1) is 5.92 Å². The van der Waals surface area contributed by atoms with Crippen molar-refractivity contribution in [3.8, 4) is 0 Å². The maximum atomic E-state index is 11.7. The molecule has 0 bridgehead atoms. The molecule has 1 aliphatic carbocycles. The van der Waals surface area contributed by atoms with Gasteiger partial charge in [0, 0.05) is 6.04 Å². The summed E-state index contributed by atoms with van der Waals surface area (Å²) in [5.74, 6) is -0.805.